The fraction of sp³-hybridized carbons (Fsp3) is 0. The fourth-order valence-electron chi connectivity index (χ4n) is 0.248. The van der Waals surface area contributed by atoms with Crippen molar-refractivity contribution in [1.82, 2.24) is 5.32 Å². The van der Waals surface area contributed by atoms with E-state index in [0.29, 0.717) is 0 Å². The molecule has 0 N–H and O–H groups in total. The molecule has 0 unspecified atom stereocenters. The molecule has 0 aliphatic carbocycles. The molecule has 27 valence electrons. The molecule has 0 amide bonds. The van der Waals surface area contributed by atoms with E-state index in [1.165, 1.54) is 0 Å². The minimum absolute atomic E-state index is 0. The Bertz CT molecular complexity index is 65.6. The van der Waals surface area contributed by atoms with Crippen LogP contribution in [0.4, 0.5) is 0 Å². The number of rotatable bonds is 0. The van der Waals surface area contributed by atoms with Crippen LogP contribution in [0.15, 0.2) is 24.6 Å². The van der Waals surface area contributed by atoms with Crippen LogP contribution in [-0.4, -0.2) is 18.9 Å². The van der Waals surface area contributed by atoms with Gasteiger partial charge in [0.15, 0.2) is 0 Å². The van der Waals surface area contributed by atoms with E-state index in [1.807, 2.05) is 12.2 Å². The Hall–Kier alpha value is -0.123. The Balaban J connectivity index is 0.000000250. The summed E-state index contributed by atoms with van der Waals surface area (Å²) in [6, 6.07) is 0. The molecule has 0 aromatic rings. The second-order valence-corrected chi connectivity index (χ2v) is 0.832. The molecule has 6 heavy (non-hydrogen) atoms. The first-order valence-electron chi connectivity index (χ1n) is 1.52. The van der Waals surface area contributed by atoms with Crippen molar-refractivity contribution in [2.45, 2.75) is 0 Å². The SMILES string of the molecule is C1=C[N]C=C1.[LiH]. The van der Waals surface area contributed by atoms with Gasteiger partial charge in [0.2, 0.25) is 0 Å². The van der Waals surface area contributed by atoms with Gasteiger partial charge in [-0.05, 0) is 12.2 Å². The molecular formula is C4H5LiN. The van der Waals surface area contributed by atoms with Gasteiger partial charge in [0.1, 0.15) is 0 Å². The third kappa shape index (κ3) is 1.35. The van der Waals surface area contributed by atoms with Gasteiger partial charge in [0.25, 0.3) is 0 Å². The number of nitrogens with zero attached hydrogens (tertiary/aromatic N) is 1. The molecule has 1 aliphatic rings. The summed E-state index contributed by atoms with van der Waals surface area (Å²) >= 11 is 0. The first-order valence-corrected chi connectivity index (χ1v) is 1.52. The topological polar surface area (TPSA) is 14.1 Å². The van der Waals surface area contributed by atoms with Crippen molar-refractivity contribution >= 4 is 18.9 Å². The average molecular weight is 74.0 g/mol. The van der Waals surface area contributed by atoms with Gasteiger partial charge in [-0.25, -0.2) is 0 Å². The van der Waals surface area contributed by atoms with E-state index in [0.717, 1.165) is 0 Å². The number of allylic oxidation sites excluding steroid dienone is 2. The van der Waals surface area contributed by atoms with Crippen molar-refractivity contribution in [2.24, 2.45) is 0 Å². The second kappa shape index (κ2) is 3.08. The Morgan fingerprint density at radius 3 is 1.67 bits per heavy atom. The molecule has 0 saturated carbocycles. The minimum atomic E-state index is 0. The standard InChI is InChI=1S/C4H4N.Li.H/c1-2-4-5-3-1;;/h1-4H;;. The molecule has 1 heterocycles. The van der Waals surface area contributed by atoms with Crippen LogP contribution in [0.2, 0.25) is 0 Å². The van der Waals surface area contributed by atoms with Crippen molar-refractivity contribution in [3.05, 3.63) is 24.6 Å². The Morgan fingerprint density at radius 1 is 1.00 bits per heavy atom. The van der Waals surface area contributed by atoms with Gasteiger partial charge in [-0.3, -0.25) is 5.32 Å². The molecule has 1 radical (unpaired) electrons. The van der Waals surface area contributed by atoms with Gasteiger partial charge in [-0.2, -0.15) is 0 Å². The van der Waals surface area contributed by atoms with Crippen LogP contribution in [0.3, 0.4) is 0 Å². The molecule has 0 fully saturated rings. The first kappa shape index (κ1) is 5.88. The van der Waals surface area contributed by atoms with Gasteiger partial charge in [0.05, 0.1) is 0 Å². The summed E-state index contributed by atoms with van der Waals surface area (Å²) in [5.74, 6) is 0. The summed E-state index contributed by atoms with van der Waals surface area (Å²) in [6.07, 6.45) is 7.28. The second-order valence-electron chi connectivity index (χ2n) is 0.832. The Kier molecular flexibility index (Phi) is 3.02. The first-order chi connectivity index (χ1) is 2.50. The van der Waals surface area contributed by atoms with E-state index in [4.69, 9.17) is 0 Å². The summed E-state index contributed by atoms with van der Waals surface area (Å²) in [4.78, 5) is 0. The van der Waals surface area contributed by atoms with Crippen molar-refractivity contribution in [2.75, 3.05) is 0 Å². The zero-order valence-corrected chi connectivity index (χ0v) is 2.76. The van der Waals surface area contributed by atoms with E-state index in [2.05, 4.69) is 5.32 Å². The molecule has 0 saturated heterocycles. The molecule has 0 atom stereocenters. The molecule has 1 nitrogen and oxygen atoms in total. The van der Waals surface area contributed by atoms with E-state index < -0.39 is 0 Å². The van der Waals surface area contributed by atoms with Gasteiger partial charge < -0.3 is 0 Å². The Morgan fingerprint density at radius 2 is 1.50 bits per heavy atom. The molecule has 1 rings (SSSR count). The third-order valence-corrected chi connectivity index (χ3v) is 0.455. The predicted molar refractivity (Wildman–Crippen MR) is 27.6 cm³/mol. The van der Waals surface area contributed by atoms with Crippen molar-refractivity contribution in [3.63, 3.8) is 0 Å². The number of hydrogen-bond acceptors (Lipinski definition) is 0. The summed E-state index contributed by atoms with van der Waals surface area (Å²) in [5, 5.41) is 3.72. The predicted octanol–water partition coefficient (Wildman–Crippen LogP) is -0.0167. The molecule has 2 heteroatoms. The summed E-state index contributed by atoms with van der Waals surface area (Å²) in [7, 11) is 0. The van der Waals surface area contributed by atoms with Crippen LogP contribution in [0.1, 0.15) is 0 Å². The van der Waals surface area contributed by atoms with Crippen LogP contribution in [0.25, 0.3) is 0 Å². The van der Waals surface area contributed by atoms with E-state index >= 15 is 0 Å². The van der Waals surface area contributed by atoms with Crippen LogP contribution in [0, 0.1) is 0 Å². The maximum atomic E-state index is 3.72. The van der Waals surface area contributed by atoms with Gasteiger partial charge in [0, 0.05) is 12.4 Å². The fourth-order valence-corrected chi connectivity index (χ4v) is 0.248. The monoisotopic (exact) mass is 74.1 g/mol. The van der Waals surface area contributed by atoms with Crippen LogP contribution in [0.5, 0.6) is 0 Å². The third-order valence-electron chi connectivity index (χ3n) is 0.455. The summed E-state index contributed by atoms with van der Waals surface area (Å²) < 4.78 is 0. The van der Waals surface area contributed by atoms with Crippen molar-refractivity contribution < 1.29 is 0 Å². The van der Waals surface area contributed by atoms with Gasteiger partial charge in [-0.15, -0.1) is 0 Å². The molecule has 0 bridgehead atoms. The van der Waals surface area contributed by atoms with E-state index in [1.54, 1.807) is 12.4 Å². The zero-order chi connectivity index (χ0) is 3.54. The molecule has 1 aliphatic heterocycles. The molecule has 0 spiro atoms. The average Bonchev–Trinajstić information content (AvgIpc) is 1.76. The quantitative estimate of drug-likeness (QED) is 0.358. The summed E-state index contributed by atoms with van der Waals surface area (Å²) in [5.41, 5.74) is 0. The summed E-state index contributed by atoms with van der Waals surface area (Å²) in [6.45, 7) is 0. The van der Waals surface area contributed by atoms with Crippen molar-refractivity contribution in [1.29, 1.82) is 0 Å². The van der Waals surface area contributed by atoms with E-state index in [9.17, 15) is 0 Å². The van der Waals surface area contributed by atoms with E-state index in [-0.39, 0.29) is 18.9 Å². The van der Waals surface area contributed by atoms with Crippen molar-refractivity contribution in [3.8, 4) is 0 Å². The Labute approximate surface area is 49.3 Å². The van der Waals surface area contributed by atoms with Crippen LogP contribution < -0.4 is 5.32 Å². The van der Waals surface area contributed by atoms with Crippen LogP contribution >= 0.6 is 0 Å². The normalized spacial score (nSPS) is 13.3. The maximum absolute atomic E-state index is 3.72. The number of hydrogen-bond donors (Lipinski definition) is 0. The molecule has 0 aromatic carbocycles. The van der Waals surface area contributed by atoms with Crippen LogP contribution in [-0.2, 0) is 0 Å². The van der Waals surface area contributed by atoms with Gasteiger partial charge in [-0.1, -0.05) is 0 Å². The molecular weight excluding hydrogens is 69.0 g/mol. The van der Waals surface area contributed by atoms with Gasteiger partial charge >= 0.3 is 18.9 Å². The zero-order valence-electron chi connectivity index (χ0n) is 2.76. The molecule has 0 aromatic heterocycles.